The Morgan fingerprint density at radius 1 is 1.18 bits per heavy atom. The van der Waals surface area contributed by atoms with Gasteiger partial charge in [-0.3, -0.25) is 4.98 Å². The van der Waals surface area contributed by atoms with E-state index in [2.05, 4.69) is 15.0 Å². The number of hydrogen-bond acceptors (Lipinski definition) is 3. The molecule has 0 atom stereocenters. The van der Waals surface area contributed by atoms with E-state index in [-0.39, 0.29) is 5.28 Å². The van der Waals surface area contributed by atoms with E-state index in [4.69, 9.17) is 11.6 Å². The third kappa shape index (κ3) is 1.66. The lowest BCUT2D eigenvalue weighted by atomic mass is 10.2. The quantitative estimate of drug-likeness (QED) is 0.618. The lowest BCUT2D eigenvalue weighted by molar-refractivity contribution is 0.968. The molecule has 3 rings (SSSR count). The Kier molecular flexibility index (Phi) is 2.30. The molecular formula is C12H9ClN4. The Morgan fingerprint density at radius 2 is 2.06 bits per heavy atom. The minimum absolute atomic E-state index is 0.246. The molecule has 3 heterocycles. The third-order valence-corrected chi connectivity index (χ3v) is 2.83. The fraction of sp³-hybridized carbons (Fsp3) is 0.0833. The number of aryl methyl sites for hydroxylation is 1. The zero-order chi connectivity index (χ0) is 11.8. The van der Waals surface area contributed by atoms with E-state index < -0.39 is 0 Å². The van der Waals surface area contributed by atoms with Crippen molar-refractivity contribution in [1.82, 2.24) is 19.5 Å². The highest BCUT2D eigenvalue weighted by Crippen LogP contribution is 2.27. The van der Waals surface area contributed by atoms with E-state index in [0.29, 0.717) is 0 Å². The fourth-order valence-electron chi connectivity index (χ4n) is 1.89. The predicted molar refractivity (Wildman–Crippen MR) is 66.8 cm³/mol. The smallest absolute Gasteiger partial charge is 0.222 e. The van der Waals surface area contributed by atoms with Gasteiger partial charge in [-0.1, -0.05) is 0 Å². The maximum absolute atomic E-state index is 5.80. The molecule has 4 nitrogen and oxygen atoms in total. The third-order valence-electron chi connectivity index (χ3n) is 2.65. The summed E-state index contributed by atoms with van der Waals surface area (Å²) in [4.78, 5) is 12.5. The number of nitrogens with zero attached hydrogens (tertiary/aromatic N) is 4. The molecule has 84 valence electrons. The Bertz CT molecular complexity index is 690. The van der Waals surface area contributed by atoms with Crippen molar-refractivity contribution in [2.24, 2.45) is 7.05 Å². The first kappa shape index (κ1) is 10.2. The number of aromatic nitrogens is 4. The van der Waals surface area contributed by atoms with Crippen molar-refractivity contribution in [1.29, 1.82) is 0 Å². The standard InChI is InChI=1S/C12H9ClN4/c1-17-7-8(9-4-6-15-12(13)16-9)11-10(17)3-2-5-14-11/h2-7H,1H3. The normalized spacial score (nSPS) is 10.9. The van der Waals surface area contributed by atoms with Crippen LogP contribution in [-0.4, -0.2) is 19.5 Å². The number of fused-ring (bicyclic) bond motifs is 1. The first-order valence-electron chi connectivity index (χ1n) is 5.14. The number of rotatable bonds is 1. The van der Waals surface area contributed by atoms with Gasteiger partial charge in [0.05, 0.1) is 16.7 Å². The lowest BCUT2D eigenvalue weighted by Crippen LogP contribution is -1.86. The van der Waals surface area contributed by atoms with Gasteiger partial charge in [0.25, 0.3) is 0 Å². The maximum Gasteiger partial charge on any atom is 0.222 e. The molecule has 0 aromatic carbocycles. The number of halogens is 1. The van der Waals surface area contributed by atoms with Crippen LogP contribution in [-0.2, 0) is 7.05 Å². The van der Waals surface area contributed by atoms with Gasteiger partial charge in [-0.2, -0.15) is 0 Å². The summed E-state index contributed by atoms with van der Waals surface area (Å²) in [6, 6.07) is 5.77. The number of hydrogen-bond donors (Lipinski definition) is 0. The van der Waals surface area contributed by atoms with Crippen molar-refractivity contribution in [3.8, 4) is 11.3 Å². The second kappa shape index (κ2) is 3.82. The van der Waals surface area contributed by atoms with Gasteiger partial charge >= 0.3 is 0 Å². The molecule has 17 heavy (non-hydrogen) atoms. The minimum atomic E-state index is 0.246. The van der Waals surface area contributed by atoms with Gasteiger partial charge < -0.3 is 4.57 Å². The summed E-state index contributed by atoms with van der Waals surface area (Å²) in [5, 5.41) is 0.246. The molecule has 3 aromatic heterocycles. The van der Waals surface area contributed by atoms with Crippen LogP contribution < -0.4 is 0 Å². The molecule has 5 heteroatoms. The van der Waals surface area contributed by atoms with Crippen LogP contribution in [0.4, 0.5) is 0 Å². The van der Waals surface area contributed by atoms with E-state index in [1.165, 1.54) is 0 Å². The first-order chi connectivity index (χ1) is 8.25. The topological polar surface area (TPSA) is 43.6 Å². The van der Waals surface area contributed by atoms with Crippen LogP contribution in [0.2, 0.25) is 5.28 Å². The van der Waals surface area contributed by atoms with Crippen LogP contribution in [0, 0.1) is 0 Å². The van der Waals surface area contributed by atoms with Crippen LogP contribution >= 0.6 is 11.6 Å². The van der Waals surface area contributed by atoms with Crippen LogP contribution in [0.15, 0.2) is 36.8 Å². The van der Waals surface area contributed by atoms with Gasteiger partial charge in [-0.05, 0) is 29.8 Å². The summed E-state index contributed by atoms with van der Waals surface area (Å²) in [6.07, 6.45) is 5.41. The lowest BCUT2D eigenvalue weighted by Gasteiger charge is -1.97. The highest BCUT2D eigenvalue weighted by Gasteiger charge is 2.10. The Balaban J connectivity index is 2.31. The van der Waals surface area contributed by atoms with Gasteiger partial charge in [0.15, 0.2) is 0 Å². The van der Waals surface area contributed by atoms with Crippen molar-refractivity contribution in [2.45, 2.75) is 0 Å². The molecule has 0 fully saturated rings. The molecule has 0 N–H and O–H groups in total. The van der Waals surface area contributed by atoms with Crippen LogP contribution in [0.3, 0.4) is 0 Å². The molecule has 3 aromatic rings. The molecule has 0 amide bonds. The maximum atomic E-state index is 5.80. The fourth-order valence-corrected chi connectivity index (χ4v) is 2.03. The highest BCUT2D eigenvalue weighted by molar-refractivity contribution is 6.28. The van der Waals surface area contributed by atoms with Gasteiger partial charge in [-0.15, -0.1) is 0 Å². The molecular weight excluding hydrogens is 236 g/mol. The largest absolute Gasteiger partial charge is 0.349 e. The molecule has 0 unspecified atom stereocenters. The number of pyridine rings is 1. The van der Waals surface area contributed by atoms with Crippen molar-refractivity contribution >= 4 is 22.6 Å². The highest BCUT2D eigenvalue weighted by atomic mass is 35.5. The van der Waals surface area contributed by atoms with Crippen molar-refractivity contribution in [3.63, 3.8) is 0 Å². The SMILES string of the molecule is Cn1cc(-c2ccnc(Cl)n2)c2ncccc21. The average Bonchev–Trinajstić information content (AvgIpc) is 2.68. The second-order valence-corrected chi connectivity index (χ2v) is 4.07. The van der Waals surface area contributed by atoms with E-state index in [1.54, 1.807) is 12.4 Å². The molecule has 0 radical (unpaired) electrons. The molecule has 0 spiro atoms. The first-order valence-corrected chi connectivity index (χ1v) is 5.52. The Morgan fingerprint density at radius 3 is 2.88 bits per heavy atom. The molecule has 0 bridgehead atoms. The summed E-state index contributed by atoms with van der Waals surface area (Å²) in [6.45, 7) is 0. The van der Waals surface area contributed by atoms with E-state index in [0.717, 1.165) is 22.3 Å². The monoisotopic (exact) mass is 244 g/mol. The average molecular weight is 245 g/mol. The van der Waals surface area contributed by atoms with Crippen LogP contribution in [0.25, 0.3) is 22.3 Å². The van der Waals surface area contributed by atoms with Gasteiger partial charge in [0, 0.05) is 31.2 Å². The van der Waals surface area contributed by atoms with E-state index in [9.17, 15) is 0 Å². The predicted octanol–water partition coefficient (Wildman–Crippen LogP) is 2.68. The summed E-state index contributed by atoms with van der Waals surface area (Å²) < 4.78 is 2.02. The van der Waals surface area contributed by atoms with Crippen LogP contribution in [0.5, 0.6) is 0 Å². The summed E-state index contributed by atoms with van der Waals surface area (Å²) in [5.74, 6) is 0. The van der Waals surface area contributed by atoms with Gasteiger partial charge in [0.2, 0.25) is 5.28 Å². The van der Waals surface area contributed by atoms with Gasteiger partial charge in [0.1, 0.15) is 0 Å². The minimum Gasteiger partial charge on any atom is -0.349 e. The van der Waals surface area contributed by atoms with E-state index >= 15 is 0 Å². The summed E-state index contributed by atoms with van der Waals surface area (Å²) in [5.41, 5.74) is 3.74. The van der Waals surface area contributed by atoms with Crippen molar-refractivity contribution in [3.05, 3.63) is 42.1 Å². The molecule has 0 aliphatic carbocycles. The van der Waals surface area contributed by atoms with Crippen molar-refractivity contribution in [2.75, 3.05) is 0 Å². The van der Waals surface area contributed by atoms with Gasteiger partial charge in [-0.25, -0.2) is 9.97 Å². The zero-order valence-corrected chi connectivity index (χ0v) is 9.89. The van der Waals surface area contributed by atoms with Crippen molar-refractivity contribution < 1.29 is 0 Å². The molecule has 0 aliphatic heterocycles. The molecule has 0 saturated carbocycles. The summed E-state index contributed by atoms with van der Waals surface area (Å²) in [7, 11) is 1.98. The molecule has 0 saturated heterocycles. The Hall–Kier alpha value is -1.94. The Labute approximate surface area is 103 Å². The zero-order valence-electron chi connectivity index (χ0n) is 9.13. The summed E-state index contributed by atoms with van der Waals surface area (Å²) >= 11 is 5.80. The second-order valence-electron chi connectivity index (χ2n) is 3.74. The molecule has 0 aliphatic rings. The van der Waals surface area contributed by atoms with Crippen LogP contribution in [0.1, 0.15) is 0 Å². The van der Waals surface area contributed by atoms with E-state index in [1.807, 2.05) is 36.0 Å².